The molecule has 3 aliphatic carbocycles. The average Bonchev–Trinajstić information content (AvgIpc) is 3.49. The smallest absolute Gasteiger partial charge is 0.140 e. The molecule has 124 valence electrons. The van der Waals surface area contributed by atoms with E-state index in [4.69, 9.17) is 0 Å². The number of rotatable bonds is 7. The van der Waals surface area contributed by atoms with Gasteiger partial charge in [-0.25, -0.2) is 0 Å². The standard InChI is InChI=1S/C21H29NO/c23-21(18-4-2-1-3-5-18)12-15-8-10-17(11-9-15)19-13-20(19)22-14-16-6-7-16/h8-11,16,18-20,22H,1-7,12-14H2. The van der Waals surface area contributed by atoms with Gasteiger partial charge in [0, 0.05) is 24.3 Å². The molecule has 0 aromatic heterocycles. The Balaban J connectivity index is 1.27. The number of carbonyl (C=O) groups excluding carboxylic acids is 1. The molecule has 0 spiro atoms. The number of Topliss-reactive ketones (excluding diaryl/α,β-unsaturated/α-hetero) is 1. The third-order valence-electron chi connectivity index (χ3n) is 6.00. The maximum absolute atomic E-state index is 12.4. The van der Waals surface area contributed by atoms with Crippen LogP contribution in [0.4, 0.5) is 0 Å². The summed E-state index contributed by atoms with van der Waals surface area (Å²) in [6, 6.07) is 9.59. The van der Waals surface area contributed by atoms with Crippen molar-refractivity contribution >= 4 is 5.78 Å². The van der Waals surface area contributed by atoms with Crippen LogP contribution < -0.4 is 5.32 Å². The summed E-state index contributed by atoms with van der Waals surface area (Å²) in [5, 5.41) is 3.70. The molecule has 1 aromatic rings. The van der Waals surface area contributed by atoms with Gasteiger partial charge in [-0.05, 0) is 55.7 Å². The van der Waals surface area contributed by atoms with E-state index >= 15 is 0 Å². The van der Waals surface area contributed by atoms with Crippen LogP contribution >= 0.6 is 0 Å². The third kappa shape index (κ3) is 4.03. The van der Waals surface area contributed by atoms with E-state index in [1.54, 1.807) is 0 Å². The Morgan fingerprint density at radius 1 is 1.00 bits per heavy atom. The first kappa shape index (κ1) is 15.4. The summed E-state index contributed by atoms with van der Waals surface area (Å²) in [7, 11) is 0. The zero-order chi connectivity index (χ0) is 15.6. The van der Waals surface area contributed by atoms with Gasteiger partial charge >= 0.3 is 0 Å². The number of ketones is 1. The summed E-state index contributed by atoms with van der Waals surface area (Å²) in [6.45, 7) is 1.22. The van der Waals surface area contributed by atoms with Crippen molar-refractivity contribution in [1.82, 2.24) is 5.32 Å². The topological polar surface area (TPSA) is 29.1 Å². The molecule has 2 atom stereocenters. The van der Waals surface area contributed by atoms with Gasteiger partial charge in [0.25, 0.3) is 0 Å². The van der Waals surface area contributed by atoms with E-state index in [0.717, 1.165) is 18.8 Å². The normalized spacial score (nSPS) is 27.8. The fraction of sp³-hybridized carbons (Fsp3) is 0.667. The summed E-state index contributed by atoms with van der Waals surface area (Å²) in [5.74, 6) is 2.47. The van der Waals surface area contributed by atoms with Gasteiger partial charge in [0.05, 0.1) is 0 Å². The third-order valence-corrected chi connectivity index (χ3v) is 6.00. The molecule has 4 rings (SSSR count). The van der Waals surface area contributed by atoms with Crippen LogP contribution in [0.5, 0.6) is 0 Å². The molecule has 23 heavy (non-hydrogen) atoms. The van der Waals surface area contributed by atoms with Gasteiger partial charge in [0.2, 0.25) is 0 Å². The number of benzene rings is 1. The molecule has 0 aliphatic heterocycles. The molecule has 3 saturated carbocycles. The highest BCUT2D eigenvalue weighted by Gasteiger charge is 2.38. The molecule has 2 nitrogen and oxygen atoms in total. The molecule has 1 aromatic carbocycles. The lowest BCUT2D eigenvalue weighted by atomic mass is 9.84. The molecule has 1 N–H and O–H groups in total. The molecule has 3 fully saturated rings. The molecule has 0 amide bonds. The first-order valence-electron chi connectivity index (χ1n) is 9.64. The summed E-state index contributed by atoms with van der Waals surface area (Å²) in [4.78, 5) is 12.4. The van der Waals surface area contributed by atoms with Gasteiger partial charge in [-0.1, -0.05) is 43.5 Å². The minimum Gasteiger partial charge on any atom is -0.313 e. The molecule has 0 heterocycles. The molecular formula is C21H29NO. The van der Waals surface area contributed by atoms with Crippen LogP contribution in [0.15, 0.2) is 24.3 Å². The first-order chi connectivity index (χ1) is 11.3. The molecular weight excluding hydrogens is 282 g/mol. The van der Waals surface area contributed by atoms with Crippen molar-refractivity contribution in [1.29, 1.82) is 0 Å². The van der Waals surface area contributed by atoms with Crippen molar-refractivity contribution in [2.24, 2.45) is 11.8 Å². The summed E-state index contributed by atoms with van der Waals surface area (Å²) in [6.07, 6.45) is 10.8. The van der Waals surface area contributed by atoms with Crippen LogP contribution in [0.25, 0.3) is 0 Å². The summed E-state index contributed by atoms with van der Waals surface area (Å²) < 4.78 is 0. The maximum Gasteiger partial charge on any atom is 0.140 e. The minimum atomic E-state index is 0.336. The largest absolute Gasteiger partial charge is 0.313 e. The van der Waals surface area contributed by atoms with E-state index in [9.17, 15) is 4.79 Å². The lowest BCUT2D eigenvalue weighted by Gasteiger charge is -2.20. The number of carbonyl (C=O) groups is 1. The van der Waals surface area contributed by atoms with E-state index in [0.29, 0.717) is 30.1 Å². The van der Waals surface area contributed by atoms with E-state index in [1.165, 1.54) is 56.2 Å². The second-order valence-electron chi connectivity index (χ2n) is 8.02. The van der Waals surface area contributed by atoms with E-state index in [2.05, 4.69) is 29.6 Å². The zero-order valence-electron chi connectivity index (χ0n) is 14.1. The lowest BCUT2D eigenvalue weighted by molar-refractivity contribution is -0.123. The molecule has 0 bridgehead atoms. The van der Waals surface area contributed by atoms with Gasteiger partial charge in [0.15, 0.2) is 0 Å². The van der Waals surface area contributed by atoms with Crippen molar-refractivity contribution in [3.63, 3.8) is 0 Å². The molecule has 2 unspecified atom stereocenters. The van der Waals surface area contributed by atoms with Crippen LogP contribution in [0.3, 0.4) is 0 Å². The highest BCUT2D eigenvalue weighted by atomic mass is 16.1. The predicted molar refractivity (Wildman–Crippen MR) is 93.6 cm³/mol. The predicted octanol–water partition coefficient (Wildman–Crippen LogP) is 4.23. The van der Waals surface area contributed by atoms with Crippen molar-refractivity contribution in [2.75, 3.05) is 6.54 Å². The quantitative estimate of drug-likeness (QED) is 0.816. The monoisotopic (exact) mass is 311 g/mol. The Morgan fingerprint density at radius 3 is 2.43 bits per heavy atom. The summed E-state index contributed by atoms with van der Waals surface area (Å²) >= 11 is 0. The van der Waals surface area contributed by atoms with Gasteiger partial charge in [-0.3, -0.25) is 4.79 Å². The second kappa shape index (κ2) is 6.76. The van der Waals surface area contributed by atoms with E-state index in [-0.39, 0.29) is 0 Å². The Bertz CT molecular complexity index is 539. The Kier molecular flexibility index (Phi) is 4.52. The van der Waals surface area contributed by atoms with Crippen molar-refractivity contribution < 1.29 is 4.79 Å². The van der Waals surface area contributed by atoms with Crippen molar-refractivity contribution in [3.05, 3.63) is 35.4 Å². The van der Waals surface area contributed by atoms with E-state index < -0.39 is 0 Å². The molecule has 0 saturated heterocycles. The first-order valence-corrected chi connectivity index (χ1v) is 9.64. The molecule has 0 radical (unpaired) electrons. The van der Waals surface area contributed by atoms with Crippen molar-refractivity contribution in [3.8, 4) is 0 Å². The SMILES string of the molecule is O=C(Cc1ccc(C2CC2NCC2CC2)cc1)C1CCCCC1. The molecule has 3 aliphatic rings. The lowest BCUT2D eigenvalue weighted by Crippen LogP contribution is -2.20. The van der Waals surface area contributed by atoms with Gasteiger partial charge in [-0.2, -0.15) is 0 Å². The zero-order valence-corrected chi connectivity index (χ0v) is 14.1. The van der Waals surface area contributed by atoms with Gasteiger partial charge < -0.3 is 5.32 Å². The second-order valence-corrected chi connectivity index (χ2v) is 8.02. The van der Waals surface area contributed by atoms with Gasteiger partial charge in [-0.15, -0.1) is 0 Å². The van der Waals surface area contributed by atoms with Gasteiger partial charge in [0.1, 0.15) is 5.78 Å². The minimum absolute atomic E-state index is 0.336. The van der Waals surface area contributed by atoms with Crippen molar-refractivity contribution in [2.45, 2.75) is 69.7 Å². The highest BCUT2D eigenvalue weighted by molar-refractivity contribution is 5.83. The molecule has 2 heteroatoms. The number of hydrogen-bond acceptors (Lipinski definition) is 2. The van der Waals surface area contributed by atoms with Crippen LogP contribution in [-0.4, -0.2) is 18.4 Å². The van der Waals surface area contributed by atoms with Crippen LogP contribution in [0.2, 0.25) is 0 Å². The fourth-order valence-electron chi connectivity index (χ4n) is 4.08. The van der Waals surface area contributed by atoms with E-state index in [1.807, 2.05) is 0 Å². The average molecular weight is 311 g/mol. The van der Waals surface area contributed by atoms with Crippen LogP contribution in [0, 0.1) is 11.8 Å². The van der Waals surface area contributed by atoms with Crippen LogP contribution in [0.1, 0.15) is 68.4 Å². The summed E-state index contributed by atoms with van der Waals surface area (Å²) in [5.41, 5.74) is 2.65. The Morgan fingerprint density at radius 2 is 1.74 bits per heavy atom. The highest BCUT2D eigenvalue weighted by Crippen LogP contribution is 2.41. The number of nitrogens with one attached hydrogen (secondary N) is 1. The fourth-order valence-corrected chi connectivity index (χ4v) is 4.08. The maximum atomic E-state index is 12.4. The van der Waals surface area contributed by atoms with Crippen LogP contribution in [-0.2, 0) is 11.2 Å². The number of hydrogen-bond donors (Lipinski definition) is 1. The Hall–Kier alpha value is -1.15. The Labute approximate surface area is 140 Å².